The van der Waals surface area contributed by atoms with Gasteiger partial charge in [0.1, 0.15) is 17.4 Å². The van der Waals surface area contributed by atoms with Crippen LogP contribution in [0.5, 0.6) is 0 Å². The summed E-state index contributed by atoms with van der Waals surface area (Å²) in [5, 5.41) is 11.7. The van der Waals surface area contributed by atoms with E-state index < -0.39 is 17.6 Å². The summed E-state index contributed by atoms with van der Waals surface area (Å²) >= 11 is 0.995. The molecule has 0 aliphatic rings. The lowest BCUT2D eigenvalue weighted by Crippen LogP contribution is -2.07. The monoisotopic (exact) mass is 309 g/mol. The Morgan fingerprint density at radius 1 is 1.57 bits per heavy atom. The highest BCUT2D eigenvalue weighted by atomic mass is 32.1. The number of aromatic nitrogens is 1. The van der Waals surface area contributed by atoms with E-state index >= 15 is 0 Å². The second kappa shape index (κ2) is 6.28. The zero-order valence-electron chi connectivity index (χ0n) is 10.8. The van der Waals surface area contributed by atoms with Gasteiger partial charge in [0, 0.05) is 12.3 Å². The van der Waals surface area contributed by atoms with Gasteiger partial charge in [-0.05, 0) is 13.0 Å². The first-order chi connectivity index (χ1) is 10.0. The molecule has 1 heterocycles. The zero-order chi connectivity index (χ0) is 15.4. The van der Waals surface area contributed by atoms with Crippen LogP contribution in [-0.2, 0) is 9.53 Å². The first-order valence-electron chi connectivity index (χ1n) is 5.84. The molecule has 0 bridgehead atoms. The molecule has 2 rings (SSSR count). The quantitative estimate of drug-likeness (QED) is 0.534. The SMILES string of the molecule is CCOC(=O)/C(C#N)=C/Nc1nc2c(F)cc(F)cc2s1. The summed E-state index contributed by atoms with van der Waals surface area (Å²) in [6.07, 6.45) is 1.12. The summed E-state index contributed by atoms with van der Waals surface area (Å²) in [5.41, 5.74) is -0.227. The van der Waals surface area contributed by atoms with Gasteiger partial charge in [-0.3, -0.25) is 0 Å². The van der Waals surface area contributed by atoms with E-state index in [1.165, 1.54) is 0 Å². The van der Waals surface area contributed by atoms with Crippen molar-refractivity contribution in [3.8, 4) is 6.07 Å². The van der Waals surface area contributed by atoms with Gasteiger partial charge >= 0.3 is 5.97 Å². The molecule has 1 aromatic carbocycles. The van der Waals surface area contributed by atoms with E-state index in [-0.39, 0.29) is 22.8 Å². The average Bonchev–Trinajstić information content (AvgIpc) is 2.83. The Kier molecular flexibility index (Phi) is 4.45. The number of carbonyl (C=O) groups excluding carboxylic acids is 1. The van der Waals surface area contributed by atoms with Crippen LogP contribution in [0.15, 0.2) is 23.9 Å². The largest absolute Gasteiger partial charge is 0.462 e. The van der Waals surface area contributed by atoms with Crippen LogP contribution in [0.1, 0.15) is 6.92 Å². The normalized spacial score (nSPS) is 11.2. The molecule has 8 heteroatoms. The molecule has 0 atom stereocenters. The second-order valence-electron chi connectivity index (χ2n) is 3.79. The summed E-state index contributed by atoms with van der Waals surface area (Å²) in [4.78, 5) is 15.3. The van der Waals surface area contributed by atoms with Gasteiger partial charge < -0.3 is 10.1 Å². The molecular formula is C13H9F2N3O2S. The molecule has 0 aliphatic carbocycles. The molecule has 2 aromatic rings. The third-order valence-corrected chi connectivity index (χ3v) is 3.30. The number of nitrogens with one attached hydrogen (secondary N) is 1. The molecular weight excluding hydrogens is 300 g/mol. The third-order valence-electron chi connectivity index (χ3n) is 2.37. The lowest BCUT2D eigenvalue weighted by atomic mass is 10.3. The molecule has 0 saturated heterocycles. The van der Waals surface area contributed by atoms with Crippen LogP contribution in [0.25, 0.3) is 10.2 Å². The van der Waals surface area contributed by atoms with Crippen molar-refractivity contribution < 1.29 is 18.3 Å². The molecule has 1 N–H and O–H groups in total. The van der Waals surface area contributed by atoms with E-state index in [1.54, 1.807) is 13.0 Å². The first kappa shape index (κ1) is 14.9. The third kappa shape index (κ3) is 3.32. The summed E-state index contributed by atoms with van der Waals surface area (Å²) in [6, 6.07) is 3.57. The Morgan fingerprint density at radius 3 is 3.00 bits per heavy atom. The molecule has 5 nitrogen and oxygen atoms in total. The molecule has 0 radical (unpaired) electrons. The minimum Gasteiger partial charge on any atom is -0.462 e. The number of thiazole rings is 1. The summed E-state index contributed by atoms with van der Waals surface area (Å²) < 4.78 is 31.6. The predicted molar refractivity (Wildman–Crippen MR) is 73.5 cm³/mol. The maximum atomic E-state index is 13.5. The summed E-state index contributed by atoms with van der Waals surface area (Å²) in [6.45, 7) is 1.76. The Morgan fingerprint density at radius 2 is 2.33 bits per heavy atom. The fraction of sp³-hybridized carbons (Fsp3) is 0.154. The molecule has 21 heavy (non-hydrogen) atoms. The van der Waals surface area contributed by atoms with Gasteiger partial charge in [0.15, 0.2) is 16.5 Å². The van der Waals surface area contributed by atoms with Crippen LogP contribution in [0.2, 0.25) is 0 Å². The van der Waals surface area contributed by atoms with Gasteiger partial charge in [0.05, 0.1) is 11.3 Å². The van der Waals surface area contributed by atoms with Crippen molar-refractivity contribution in [3.05, 3.63) is 35.5 Å². The zero-order valence-corrected chi connectivity index (χ0v) is 11.6. The highest BCUT2D eigenvalue weighted by Gasteiger charge is 2.12. The van der Waals surface area contributed by atoms with Crippen molar-refractivity contribution in [2.45, 2.75) is 6.92 Å². The fourth-order valence-corrected chi connectivity index (χ4v) is 2.37. The highest BCUT2D eigenvalue weighted by Crippen LogP contribution is 2.28. The number of hydrogen-bond acceptors (Lipinski definition) is 6. The number of carbonyl (C=O) groups is 1. The van der Waals surface area contributed by atoms with Crippen LogP contribution in [-0.4, -0.2) is 17.6 Å². The Balaban J connectivity index is 2.26. The van der Waals surface area contributed by atoms with Crippen molar-refractivity contribution in [1.82, 2.24) is 4.98 Å². The number of benzene rings is 1. The number of halogens is 2. The van der Waals surface area contributed by atoms with Gasteiger partial charge in [0.2, 0.25) is 0 Å². The molecule has 0 unspecified atom stereocenters. The van der Waals surface area contributed by atoms with Gasteiger partial charge in [0.25, 0.3) is 0 Å². The second-order valence-corrected chi connectivity index (χ2v) is 4.82. The molecule has 1 aromatic heterocycles. The molecule has 0 spiro atoms. The molecule has 0 fully saturated rings. The number of hydrogen-bond donors (Lipinski definition) is 1. The minimum absolute atomic E-state index is 0.0203. The lowest BCUT2D eigenvalue weighted by molar-refractivity contribution is -0.138. The van der Waals surface area contributed by atoms with Crippen LogP contribution in [0.4, 0.5) is 13.9 Å². The standard InChI is InChI=1S/C13H9F2N3O2S/c1-2-20-12(19)7(5-16)6-17-13-18-11-9(15)3-8(14)4-10(11)21-13/h3-4,6H,2H2,1H3,(H,17,18)/b7-6+. The van der Waals surface area contributed by atoms with Crippen molar-refractivity contribution in [1.29, 1.82) is 5.26 Å². The first-order valence-corrected chi connectivity index (χ1v) is 6.66. The van der Waals surface area contributed by atoms with E-state index in [1.807, 2.05) is 0 Å². The molecule has 108 valence electrons. The van der Waals surface area contributed by atoms with Crippen molar-refractivity contribution >= 4 is 32.7 Å². The van der Waals surface area contributed by atoms with E-state index in [0.717, 1.165) is 29.7 Å². The van der Waals surface area contributed by atoms with E-state index in [2.05, 4.69) is 15.0 Å². The van der Waals surface area contributed by atoms with Gasteiger partial charge in [-0.1, -0.05) is 11.3 Å². The smallest absolute Gasteiger partial charge is 0.350 e. The van der Waals surface area contributed by atoms with Gasteiger partial charge in [-0.25, -0.2) is 18.6 Å². The number of rotatable bonds is 4. The Hall–Kier alpha value is -2.53. The topological polar surface area (TPSA) is 75.0 Å². The Bertz CT molecular complexity index is 765. The van der Waals surface area contributed by atoms with Crippen LogP contribution in [0.3, 0.4) is 0 Å². The fourth-order valence-electron chi connectivity index (χ4n) is 1.50. The Labute approximate surface area is 122 Å². The number of nitriles is 1. The number of nitrogens with zero attached hydrogens (tertiary/aromatic N) is 2. The van der Waals surface area contributed by atoms with E-state index in [4.69, 9.17) is 5.26 Å². The van der Waals surface area contributed by atoms with Crippen LogP contribution in [0, 0.1) is 23.0 Å². The summed E-state index contributed by atoms with van der Waals surface area (Å²) in [5.74, 6) is -2.25. The summed E-state index contributed by atoms with van der Waals surface area (Å²) in [7, 11) is 0. The number of ether oxygens (including phenoxy) is 1. The highest BCUT2D eigenvalue weighted by molar-refractivity contribution is 7.22. The van der Waals surface area contributed by atoms with E-state index in [0.29, 0.717) is 4.70 Å². The predicted octanol–water partition coefficient (Wildman–Crippen LogP) is 2.96. The number of esters is 1. The van der Waals surface area contributed by atoms with Crippen LogP contribution < -0.4 is 5.32 Å². The molecule has 0 amide bonds. The lowest BCUT2D eigenvalue weighted by Gasteiger charge is -1.99. The molecule has 0 saturated carbocycles. The van der Waals surface area contributed by atoms with Gasteiger partial charge in [-0.2, -0.15) is 5.26 Å². The maximum Gasteiger partial charge on any atom is 0.350 e. The number of anilines is 1. The number of fused-ring (bicyclic) bond motifs is 1. The molecule has 0 aliphatic heterocycles. The maximum absolute atomic E-state index is 13.5. The average molecular weight is 309 g/mol. The minimum atomic E-state index is -0.774. The van der Waals surface area contributed by atoms with Crippen molar-refractivity contribution in [2.75, 3.05) is 11.9 Å². The van der Waals surface area contributed by atoms with Crippen LogP contribution >= 0.6 is 11.3 Å². The van der Waals surface area contributed by atoms with Crippen molar-refractivity contribution in [3.63, 3.8) is 0 Å². The van der Waals surface area contributed by atoms with Gasteiger partial charge in [-0.15, -0.1) is 0 Å². The van der Waals surface area contributed by atoms with E-state index in [9.17, 15) is 13.6 Å². The van der Waals surface area contributed by atoms with Crippen molar-refractivity contribution in [2.24, 2.45) is 0 Å².